The Morgan fingerprint density at radius 1 is 1.09 bits per heavy atom. The van der Waals surface area contributed by atoms with Gasteiger partial charge < -0.3 is 15.5 Å². The van der Waals surface area contributed by atoms with E-state index in [0.29, 0.717) is 42.1 Å². The van der Waals surface area contributed by atoms with E-state index >= 15 is 0 Å². The number of hydrogen-bond donors (Lipinski definition) is 2. The van der Waals surface area contributed by atoms with Gasteiger partial charge in [0.1, 0.15) is 22.8 Å². The van der Waals surface area contributed by atoms with Crippen molar-refractivity contribution in [1.29, 1.82) is 0 Å². The largest absolute Gasteiger partial charge is 0.340 e. The molecule has 2 aromatic carbocycles. The molecule has 0 radical (unpaired) electrons. The van der Waals surface area contributed by atoms with E-state index in [2.05, 4.69) is 20.2 Å². The van der Waals surface area contributed by atoms with E-state index in [4.69, 9.17) is 0 Å². The van der Waals surface area contributed by atoms with Gasteiger partial charge in [-0.2, -0.15) is 0 Å². The maximum absolute atomic E-state index is 13.7. The fourth-order valence-corrected chi connectivity index (χ4v) is 4.72. The fraction of sp³-hybridized carbons (Fsp3) is 0.346. The molecule has 1 aliphatic rings. The lowest BCUT2D eigenvalue weighted by Gasteiger charge is -2.29. The van der Waals surface area contributed by atoms with Crippen LogP contribution in [-0.2, 0) is 14.4 Å². The number of hydrogen-bond acceptors (Lipinski definition) is 6. The summed E-state index contributed by atoms with van der Waals surface area (Å²) in [6.45, 7) is 4.22. The lowest BCUT2D eigenvalue weighted by atomic mass is 10.0. The summed E-state index contributed by atoms with van der Waals surface area (Å²) in [5.74, 6) is -0.963. The van der Waals surface area contributed by atoms with E-state index in [9.17, 15) is 14.4 Å². The third kappa shape index (κ3) is 5.57. The van der Waals surface area contributed by atoms with Crippen LogP contribution in [0.25, 0.3) is 11.3 Å². The summed E-state index contributed by atoms with van der Waals surface area (Å²) >= 11 is 1.10. The van der Waals surface area contributed by atoms with E-state index in [-0.39, 0.29) is 23.6 Å². The van der Waals surface area contributed by atoms with Gasteiger partial charge in [0.2, 0.25) is 17.7 Å². The van der Waals surface area contributed by atoms with Crippen LogP contribution in [0.2, 0.25) is 0 Å². The second kappa shape index (κ2) is 11.2. The van der Waals surface area contributed by atoms with Crippen molar-refractivity contribution in [3.8, 4) is 11.3 Å². The summed E-state index contributed by atoms with van der Waals surface area (Å²) in [5, 5.41) is 10.6. The number of carbonyl (C=O) groups excluding carboxylic acids is 3. The predicted molar refractivity (Wildman–Crippen MR) is 135 cm³/mol. The van der Waals surface area contributed by atoms with E-state index in [1.165, 1.54) is 0 Å². The Bertz CT molecular complexity index is 1170. The molecule has 0 saturated carbocycles. The number of rotatable bonds is 8. The molecule has 1 fully saturated rings. The van der Waals surface area contributed by atoms with Gasteiger partial charge in [0, 0.05) is 29.6 Å². The standard InChI is InChI=1S/C26H29N5O3S/c1-3-17(2)23(32)27-22(19-13-8-5-9-14-19)26(34)31-16-10-15-20(31)24(33)28-25-21(29-30-35-25)18-11-6-4-7-12-18/h4-9,11-14,17,20,22H,3,10,15-16H2,1-2H3,(H,27,32)(H,28,33). The number of anilines is 1. The van der Waals surface area contributed by atoms with Crippen molar-refractivity contribution in [2.75, 3.05) is 11.9 Å². The zero-order valence-electron chi connectivity index (χ0n) is 19.8. The number of benzene rings is 2. The van der Waals surface area contributed by atoms with Crippen LogP contribution < -0.4 is 10.6 Å². The van der Waals surface area contributed by atoms with Gasteiger partial charge in [-0.3, -0.25) is 14.4 Å². The van der Waals surface area contributed by atoms with Gasteiger partial charge in [-0.05, 0) is 24.8 Å². The first-order valence-electron chi connectivity index (χ1n) is 11.8. The van der Waals surface area contributed by atoms with Gasteiger partial charge in [-0.15, -0.1) is 5.10 Å². The molecule has 2 N–H and O–H groups in total. The molecule has 0 bridgehead atoms. The Morgan fingerprint density at radius 2 is 1.77 bits per heavy atom. The molecular formula is C26H29N5O3S. The van der Waals surface area contributed by atoms with Gasteiger partial charge in [-0.25, -0.2) is 0 Å². The van der Waals surface area contributed by atoms with Crippen LogP contribution in [0.4, 0.5) is 5.00 Å². The van der Waals surface area contributed by atoms with E-state index in [1.807, 2.05) is 74.5 Å². The zero-order chi connectivity index (χ0) is 24.8. The zero-order valence-corrected chi connectivity index (χ0v) is 20.6. The quantitative estimate of drug-likeness (QED) is 0.495. The monoisotopic (exact) mass is 491 g/mol. The van der Waals surface area contributed by atoms with Crippen LogP contribution in [0.1, 0.15) is 44.7 Å². The van der Waals surface area contributed by atoms with Gasteiger partial charge in [-0.1, -0.05) is 79.0 Å². The second-order valence-corrected chi connectivity index (χ2v) is 9.41. The molecule has 3 atom stereocenters. The SMILES string of the molecule is CCC(C)C(=O)NC(C(=O)N1CCCC1C(=O)Nc1snnc1-c1ccccc1)c1ccccc1. The van der Waals surface area contributed by atoms with Gasteiger partial charge >= 0.3 is 0 Å². The number of carbonyl (C=O) groups is 3. The van der Waals surface area contributed by atoms with Crippen molar-refractivity contribution >= 4 is 34.3 Å². The average Bonchev–Trinajstić information content (AvgIpc) is 3.57. The van der Waals surface area contributed by atoms with Crippen LogP contribution >= 0.6 is 11.5 Å². The highest BCUT2D eigenvalue weighted by Crippen LogP contribution is 2.30. The Kier molecular flexibility index (Phi) is 7.87. The lowest BCUT2D eigenvalue weighted by molar-refractivity contribution is -0.140. The summed E-state index contributed by atoms with van der Waals surface area (Å²) in [7, 11) is 0. The van der Waals surface area contributed by atoms with Crippen LogP contribution in [0.15, 0.2) is 60.7 Å². The summed E-state index contributed by atoms with van der Waals surface area (Å²) in [6.07, 6.45) is 1.92. The highest BCUT2D eigenvalue weighted by Gasteiger charge is 2.39. The number of aromatic nitrogens is 2. The average molecular weight is 492 g/mol. The smallest absolute Gasteiger partial charge is 0.250 e. The summed E-state index contributed by atoms with van der Waals surface area (Å²) in [4.78, 5) is 41.3. The van der Waals surface area contributed by atoms with Crippen molar-refractivity contribution in [3.05, 3.63) is 66.2 Å². The fourth-order valence-electron chi connectivity index (χ4n) is 4.12. The molecule has 35 heavy (non-hydrogen) atoms. The Balaban J connectivity index is 1.54. The third-order valence-electron chi connectivity index (χ3n) is 6.34. The second-order valence-electron chi connectivity index (χ2n) is 8.66. The van der Waals surface area contributed by atoms with Gasteiger partial charge in [0.15, 0.2) is 0 Å². The molecular weight excluding hydrogens is 462 g/mol. The summed E-state index contributed by atoms with van der Waals surface area (Å²) in [6, 6.07) is 17.2. The van der Waals surface area contributed by atoms with Crippen molar-refractivity contribution in [2.24, 2.45) is 5.92 Å². The maximum atomic E-state index is 13.7. The highest BCUT2D eigenvalue weighted by atomic mass is 32.1. The van der Waals surface area contributed by atoms with E-state index in [1.54, 1.807) is 4.90 Å². The molecule has 3 unspecified atom stereocenters. The molecule has 8 nitrogen and oxygen atoms in total. The first-order valence-corrected chi connectivity index (χ1v) is 12.6. The minimum absolute atomic E-state index is 0.182. The van der Waals surface area contributed by atoms with Crippen molar-refractivity contribution in [1.82, 2.24) is 19.8 Å². The molecule has 3 aromatic rings. The number of amides is 3. The maximum Gasteiger partial charge on any atom is 0.250 e. The molecule has 1 aromatic heterocycles. The molecule has 4 rings (SSSR count). The first-order chi connectivity index (χ1) is 17.0. The molecule has 0 spiro atoms. The van der Waals surface area contributed by atoms with Crippen LogP contribution in [0.3, 0.4) is 0 Å². The number of likely N-dealkylation sites (tertiary alicyclic amines) is 1. The van der Waals surface area contributed by atoms with Crippen molar-refractivity contribution < 1.29 is 14.4 Å². The number of nitrogens with zero attached hydrogens (tertiary/aromatic N) is 3. The minimum atomic E-state index is -0.851. The predicted octanol–water partition coefficient (Wildman–Crippen LogP) is 4.04. The van der Waals surface area contributed by atoms with Crippen LogP contribution in [0, 0.1) is 5.92 Å². The van der Waals surface area contributed by atoms with E-state index < -0.39 is 12.1 Å². The molecule has 1 saturated heterocycles. The Hall–Kier alpha value is -3.59. The molecule has 9 heteroatoms. The minimum Gasteiger partial charge on any atom is -0.340 e. The first kappa shape index (κ1) is 24.5. The Labute approximate surface area is 208 Å². The number of nitrogens with one attached hydrogen (secondary N) is 2. The highest BCUT2D eigenvalue weighted by molar-refractivity contribution is 7.10. The normalized spacial score (nSPS) is 17.0. The van der Waals surface area contributed by atoms with Crippen LogP contribution in [-0.4, -0.2) is 44.8 Å². The van der Waals surface area contributed by atoms with E-state index in [0.717, 1.165) is 17.1 Å². The molecule has 182 valence electrons. The third-order valence-corrected chi connectivity index (χ3v) is 6.98. The lowest BCUT2D eigenvalue weighted by Crippen LogP contribution is -2.49. The summed E-state index contributed by atoms with van der Waals surface area (Å²) in [5.41, 5.74) is 2.15. The van der Waals surface area contributed by atoms with Crippen molar-refractivity contribution in [2.45, 2.75) is 45.2 Å². The van der Waals surface area contributed by atoms with Crippen LogP contribution in [0.5, 0.6) is 0 Å². The Morgan fingerprint density at radius 3 is 2.46 bits per heavy atom. The van der Waals surface area contributed by atoms with Crippen molar-refractivity contribution in [3.63, 3.8) is 0 Å². The summed E-state index contributed by atoms with van der Waals surface area (Å²) < 4.78 is 4.01. The topological polar surface area (TPSA) is 104 Å². The molecule has 1 aliphatic heterocycles. The van der Waals surface area contributed by atoms with Gasteiger partial charge in [0.05, 0.1) is 0 Å². The molecule has 0 aliphatic carbocycles. The molecule has 3 amide bonds. The molecule has 2 heterocycles. The van der Waals surface area contributed by atoms with Gasteiger partial charge in [0.25, 0.3) is 0 Å².